The van der Waals surface area contributed by atoms with Crippen molar-refractivity contribution in [3.8, 4) is 0 Å². The first kappa shape index (κ1) is 15.5. The fraction of sp³-hybridized carbons (Fsp3) is 0.111. The number of rotatable bonds is 4. The molecule has 3 N–H and O–H groups in total. The van der Waals surface area contributed by atoms with Crippen LogP contribution in [0.15, 0.2) is 41.5 Å². The molecule has 2 rings (SSSR count). The Kier molecular flexibility index (Phi) is 5.09. The minimum absolute atomic E-state index is 0.696. The first-order valence-electron chi connectivity index (χ1n) is 6.99. The Labute approximate surface area is 130 Å². The minimum atomic E-state index is 0.696. The second kappa shape index (κ2) is 7.22. The number of nitrogens with zero attached hydrogens (tertiary/aromatic N) is 2. The zero-order chi connectivity index (χ0) is 15.9. The van der Waals surface area contributed by atoms with Gasteiger partial charge >= 0.3 is 0 Å². The van der Waals surface area contributed by atoms with E-state index in [1.165, 1.54) is 0 Å². The van der Waals surface area contributed by atoms with Crippen molar-refractivity contribution in [3.05, 3.63) is 63.9 Å². The topological polar surface area (TPSA) is 63.3 Å². The molecule has 4 nitrogen and oxygen atoms in total. The van der Waals surface area contributed by atoms with Crippen molar-refractivity contribution in [3.63, 3.8) is 0 Å². The standard InChI is InChI=1S/C18H20N4/c1-13-7-8-14(18(22-13)9-10-20-2)11-16-15(12-21-3)5-4-6-17(16)19/h4-12,20H,3,19H2,1-2H3/b10-9-,15-12-,16-11+. The monoisotopic (exact) mass is 292 g/mol. The van der Waals surface area contributed by atoms with E-state index in [-0.39, 0.29) is 0 Å². The molecule has 0 amide bonds. The lowest BCUT2D eigenvalue weighted by Crippen LogP contribution is -2.27. The number of benzene rings is 1. The predicted octanol–water partition coefficient (Wildman–Crippen LogP) is 1.43. The van der Waals surface area contributed by atoms with Crippen molar-refractivity contribution < 1.29 is 0 Å². The molecule has 1 aromatic carbocycles. The second-order valence-electron chi connectivity index (χ2n) is 4.86. The van der Waals surface area contributed by atoms with E-state index in [2.05, 4.69) is 22.0 Å². The van der Waals surface area contributed by atoms with E-state index in [9.17, 15) is 0 Å². The predicted molar refractivity (Wildman–Crippen MR) is 94.8 cm³/mol. The van der Waals surface area contributed by atoms with Gasteiger partial charge in [0.25, 0.3) is 0 Å². The number of pyridine rings is 1. The van der Waals surface area contributed by atoms with Gasteiger partial charge in [-0.3, -0.25) is 9.98 Å². The highest BCUT2D eigenvalue weighted by Gasteiger charge is 2.00. The van der Waals surface area contributed by atoms with E-state index in [0.29, 0.717) is 5.69 Å². The maximum absolute atomic E-state index is 6.12. The maximum Gasteiger partial charge on any atom is 0.0719 e. The summed E-state index contributed by atoms with van der Waals surface area (Å²) in [5.41, 5.74) is 9.66. The zero-order valence-corrected chi connectivity index (χ0v) is 12.9. The number of nitrogens with one attached hydrogen (secondary N) is 1. The Hall–Kier alpha value is -2.88. The van der Waals surface area contributed by atoms with E-state index in [0.717, 1.165) is 27.4 Å². The molecule has 0 atom stereocenters. The molecule has 0 spiro atoms. The van der Waals surface area contributed by atoms with Gasteiger partial charge in [0.05, 0.1) is 5.69 Å². The molecule has 0 saturated heterocycles. The van der Waals surface area contributed by atoms with Gasteiger partial charge in [-0.2, -0.15) is 0 Å². The molecular weight excluding hydrogens is 272 g/mol. The molecule has 0 fully saturated rings. The Morgan fingerprint density at radius 3 is 2.82 bits per heavy atom. The summed E-state index contributed by atoms with van der Waals surface area (Å²) < 4.78 is 0. The molecule has 0 unspecified atom stereocenters. The third kappa shape index (κ3) is 3.61. The molecule has 22 heavy (non-hydrogen) atoms. The molecule has 0 aliphatic carbocycles. The molecule has 0 radical (unpaired) electrons. The number of aryl methyl sites for hydroxylation is 1. The smallest absolute Gasteiger partial charge is 0.0719 e. The van der Waals surface area contributed by atoms with Crippen LogP contribution in [0.2, 0.25) is 0 Å². The van der Waals surface area contributed by atoms with Crippen molar-refractivity contribution in [2.24, 2.45) is 4.99 Å². The number of aromatic nitrogens is 1. The quantitative estimate of drug-likeness (QED) is 0.662. The Morgan fingerprint density at radius 1 is 1.27 bits per heavy atom. The molecule has 112 valence electrons. The lowest BCUT2D eigenvalue weighted by atomic mass is 10.1. The van der Waals surface area contributed by atoms with Crippen molar-refractivity contribution >= 4 is 30.8 Å². The Morgan fingerprint density at radius 2 is 2.09 bits per heavy atom. The van der Waals surface area contributed by atoms with Gasteiger partial charge in [-0.15, -0.1) is 0 Å². The highest BCUT2D eigenvalue weighted by molar-refractivity contribution is 5.65. The van der Waals surface area contributed by atoms with Crippen LogP contribution in [0.1, 0.15) is 17.0 Å². The molecular formula is C18H20N4. The fourth-order valence-electron chi connectivity index (χ4n) is 2.14. The molecule has 1 aromatic heterocycles. The molecule has 4 heteroatoms. The van der Waals surface area contributed by atoms with E-state index in [4.69, 9.17) is 5.73 Å². The molecule has 0 aliphatic rings. The van der Waals surface area contributed by atoms with Crippen LogP contribution >= 0.6 is 0 Å². The molecule has 1 heterocycles. The van der Waals surface area contributed by atoms with Crippen molar-refractivity contribution in [1.82, 2.24) is 10.3 Å². The van der Waals surface area contributed by atoms with Gasteiger partial charge in [0.2, 0.25) is 0 Å². The van der Waals surface area contributed by atoms with Crippen molar-refractivity contribution in [2.45, 2.75) is 6.92 Å². The zero-order valence-electron chi connectivity index (χ0n) is 12.9. The summed E-state index contributed by atoms with van der Waals surface area (Å²) in [6, 6.07) is 9.75. The number of nitrogens with two attached hydrogens (primary N) is 1. The van der Waals surface area contributed by atoms with E-state index < -0.39 is 0 Å². The van der Waals surface area contributed by atoms with Crippen LogP contribution in [0.25, 0.3) is 18.4 Å². The van der Waals surface area contributed by atoms with Crippen LogP contribution in [0, 0.1) is 6.92 Å². The van der Waals surface area contributed by atoms with E-state index in [1.807, 2.05) is 62.7 Å². The fourth-order valence-corrected chi connectivity index (χ4v) is 2.14. The van der Waals surface area contributed by atoms with Gasteiger partial charge < -0.3 is 11.1 Å². The van der Waals surface area contributed by atoms with Gasteiger partial charge in [0, 0.05) is 40.6 Å². The Balaban J connectivity index is 2.72. The number of anilines is 1. The summed E-state index contributed by atoms with van der Waals surface area (Å²) >= 11 is 0. The van der Waals surface area contributed by atoms with Crippen LogP contribution in [-0.4, -0.2) is 18.7 Å². The number of hydrogen-bond acceptors (Lipinski definition) is 4. The van der Waals surface area contributed by atoms with Crippen LogP contribution < -0.4 is 21.5 Å². The van der Waals surface area contributed by atoms with Gasteiger partial charge in [-0.05, 0) is 44.1 Å². The lowest BCUT2D eigenvalue weighted by Gasteiger charge is -2.03. The Bertz CT molecular complexity index is 819. The molecule has 0 aliphatic heterocycles. The molecule has 0 bridgehead atoms. The van der Waals surface area contributed by atoms with Crippen LogP contribution in [0.5, 0.6) is 0 Å². The first-order chi connectivity index (χ1) is 10.7. The summed E-state index contributed by atoms with van der Waals surface area (Å²) in [6.07, 6.45) is 7.51. The number of hydrogen-bond donors (Lipinski definition) is 2. The highest BCUT2D eigenvalue weighted by Crippen LogP contribution is 2.10. The average Bonchev–Trinajstić information content (AvgIpc) is 2.50. The third-order valence-electron chi connectivity index (χ3n) is 3.21. The van der Waals surface area contributed by atoms with Gasteiger partial charge in [-0.25, -0.2) is 0 Å². The lowest BCUT2D eigenvalue weighted by molar-refractivity contribution is 1.10. The summed E-state index contributed by atoms with van der Waals surface area (Å²) in [6.45, 7) is 5.48. The van der Waals surface area contributed by atoms with Crippen molar-refractivity contribution in [2.75, 3.05) is 12.8 Å². The van der Waals surface area contributed by atoms with Crippen LogP contribution in [-0.2, 0) is 0 Å². The largest absolute Gasteiger partial charge is 0.398 e. The number of aliphatic imine (C=N–C) groups is 1. The maximum atomic E-state index is 6.12. The van der Waals surface area contributed by atoms with Gasteiger partial charge in [0.1, 0.15) is 0 Å². The van der Waals surface area contributed by atoms with Crippen LogP contribution in [0.3, 0.4) is 0 Å². The highest BCUT2D eigenvalue weighted by atomic mass is 14.8. The van der Waals surface area contributed by atoms with E-state index in [1.54, 1.807) is 6.20 Å². The number of nitrogen functional groups attached to an aromatic ring is 1. The minimum Gasteiger partial charge on any atom is -0.398 e. The van der Waals surface area contributed by atoms with E-state index >= 15 is 0 Å². The average molecular weight is 292 g/mol. The van der Waals surface area contributed by atoms with Gasteiger partial charge in [0.15, 0.2) is 0 Å². The first-order valence-corrected chi connectivity index (χ1v) is 6.99. The molecule has 0 saturated carbocycles. The summed E-state index contributed by atoms with van der Waals surface area (Å²) in [4.78, 5) is 8.41. The summed E-state index contributed by atoms with van der Waals surface area (Å²) in [7, 11) is 1.85. The SMILES string of the molecule is C=N/C=c1/cccc(N)/c1=C/c1ccc(C)nc1/C=C\NC. The van der Waals surface area contributed by atoms with Crippen molar-refractivity contribution in [1.29, 1.82) is 0 Å². The second-order valence-corrected chi connectivity index (χ2v) is 4.86. The molecule has 2 aromatic rings. The third-order valence-corrected chi connectivity index (χ3v) is 3.21. The normalized spacial score (nSPS) is 12.8. The summed E-state index contributed by atoms with van der Waals surface area (Å²) in [5.74, 6) is 0. The summed E-state index contributed by atoms with van der Waals surface area (Å²) in [5, 5.41) is 4.83. The van der Waals surface area contributed by atoms with Gasteiger partial charge in [-0.1, -0.05) is 18.2 Å². The van der Waals surface area contributed by atoms with Crippen LogP contribution in [0.4, 0.5) is 5.69 Å².